The fourth-order valence-electron chi connectivity index (χ4n) is 3.39. The normalized spacial score (nSPS) is 12.5. The molecule has 7 heteroatoms. The van der Waals surface area contributed by atoms with Crippen LogP contribution in [0.2, 0.25) is 0 Å². The second kappa shape index (κ2) is 8.23. The first-order chi connectivity index (χ1) is 15.0. The van der Waals surface area contributed by atoms with Crippen molar-refractivity contribution in [3.8, 4) is 0 Å². The van der Waals surface area contributed by atoms with Gasteiger partial charge in [-0.3, -0.25) is 24.1 Å². The van der Waals surface area contributed by atoms with E-state index < -0.39 is 11.8 Å². The molecule has 1 aliphatic rings. The minimum Gasteiger partial charge on any atom is -0.355 e. The van der Waals surface area contributed by atoms with Gasteiger partial charge >= 0.3 is 0 Å². The van der Waals surface area contributed by atoms with Crippen LogP contribution >= 0.6 is 0 Å². The Balaban J connectivity index is 1.51. The lowest BCUT2D eigenvalue weighted by atomic mass is 10.1. The second-order valence-corrected chi connectivity index (χ2v) is 7.05. The summed E-state index contributed by atoms with van der Waals surface area (Å²) in [7, 11) is 1.54. The second-order valence-electron chi connectivity index (χ2n) is 7.05. The van der Waals surface area contributed by atoms with Gasteiger partial charge < -0.3 is 10.6 Å². The highest BCUT2D eigenvalue weighted by molar-refractivity contribution is 6.22. The molecular formula is C24H19N3O4. The average molecular weight is 413 g/mol. The molecule has 31 heavy (non-hydrogen) atoms. The fraction of sp³-hybridized carbons (Fsp3) is 0.0833. The third-order valence-electron chi connectivity index (χ3n) is 5.05. The summed E-state index contributed by atoms with van der Waals surface area (Å²) in [6, 6.07) is 20.1. The molecule has 0 saturated carbocycles. The van der Waals surface area contributed by atoms with Crippen LogP contribution in [-0.4, -0.2) is 35.6 Å². The third-order valence-corrected chi connectivity index (χ3v) is 5.05. The summed E-state index contributed by atoms with van der Waals surface area (Å²) >= 11 is 0. The van der Waals surface area contributed by atoms with E-state index in [0.29, 0.717) is 11.3 Å². The zero-order valence-corrected chi connectivity index (χ0v) is 16.7. The van der Waals surface area contributed by atoms with Crippen LogP contribution in [0.15, 0.2) is 72.8 Å². The van der Waals surface area contributed by atoms with Gasteiger partial charge in [0.2, 0.25) is 0 Å². The molecule has 3 aromatic carbocycles. The minimum absolute atomic E-state index is 0.173. The van der Waals surface area contributed by atoms with Gasteiger partial charge in [0.25, 0.3) is 23.6 Å². The van der Waals surface area contributed by atoms with E-state index in [-0.39, 0.29) is 35.0 Å². The molecule has 0 atom stereocenters. The first-order valence-corrected chi connectivity index (χ1v) is 9.65. The summed E-state index contributed by atoms with van der Waals surface area (Å²) in [5.41, 5.74) is 2.58. The first-order valence-electron chi connectivity index (χ1n) is 9.65. The van der Waals surface area contributed by atoms with E-state index in [4.69, 9.17) is 0 Å². The summed E-state index contributed by atoms with van der Waals surface area (Å²) < 4.78 is 0. The Morgan fingerprint density at radius 2 is 1.42 bits per heavy atom. The molecule has 1 aliphatic heterocycles. The third kappa shape index (κ3) is 3.93. The predicted molar refractivity (Wildman–Crippen MR) is 115 cm³/mol. The highest BCUT2D eigenvalue weighted by atomic mass is 16.2. The molecule has 0 aromatic heterocycles. The number of nitrogens with one attached hydrogen (secondary N) is 2. The van der Waals surface area contributed by atoms with Crippen LogP contribution in [0, 0.1) is 0 Å². The Kier molecular flexibility index (Phi) is 5.32. The van der Waals surface area contributed by atoms with Crippen molar-refractivity contribution in [3.63, 3.8) is 0 Å². The molecule has 0 saturated heterocycles. The van der Waals surface area contributed by atoms with Gasteiger partial charge in [0.1, 0.15) is 0 Å². The SMILES string of the molecule is CNC(=O)c1ccc(NC(=O)c2ccc3c(c2)C(=O)N(Cc2ccccc2)C3=O)cc1. The molecule has 7 nitrogen and oxygen atoms in total. The van der Waals surface area contributed by atoms with E-state index in [1.54, 1.807) is 31.3 Å². The Labute approximate surface area is 178 Å². The molecule has 0 aliphatic carbocycles. The van der Waals surface area contributed by atoms with E-state index >= 15 is 0 Å². The van der Waals surface area contributed by atoms with E-state index in [0.717, 1.165) is 5.56 Å². The van der Waals surface area contributed by atoms with Crippen molar-refractivity contribution in [1.82, 2.24) is 10.2 Å². The summed E-state index contributed by atoms with van der Waals surface area (Å²) in [5.74, 6) is -1.44. The zero-order chi connectivity index (χ0) is 22.0. The van der Waals surface area contributed by atoms with Gasteiger partial charge in [-0.25, -0.2) is 0 Å². The number of carbonyl (C=O) groups excluding carboxylic acids is 4. The number of hydrogen-bond acceptors (Lipinski definition) is 4. The predicted octanol–water partition coefficient (Wildman–Crippen LogP) is 3.09. The molecule has 154 valence electrons. The molecule has 4 amide bonds. The van der Waals surface area contributed by atoms with Gasteiger partial charge in [-0.15, -0.1) is 0 Å². The van der Waals surface area contributed by atoms with Crippen molar-refractivity contribution >= 4 is 29.3 Å². The number of imide groups is 1. The summed E-state index contributed by atoms with van der Waals surface area (Å²) in [4.78, 5) is 50.9. The summed E-state index contributed by atoms with van der Waals surface area (Å²) in [6.07, 6.45) is 0. The van der Waals surface area contributed by atoms with E-state index in [9.17, 15) is 19.2 Å². The minimum atomic E-state index is -0.423. The van der Waals surface area contributed by atoms with Gasteiger partial charge in [-0.2, -0.15) is 0 Å². The molecule has 0 spiro atoms. The summed E-state index contributed by atoms with van der Waals surface area (Å²) in [5, 5.41) is 5.26. The van der Waals surface area contributed by atoms with Crippen molar-refractivity contribution < 1.29 is 19.2 Å². The average Bonchev–Trinajstić information content (AvgIpc) is 3.04. The molecule has 0 fully saturated rings. The zero-order valence-electron chi connectivity index (χ0n) is 16.7. The van der Waals surface area contributed by atoms with Crippen molar-refractivity contribution in [2.75, 3.05) is 12.4 Å². The maximum absolute atomic E-state index is 12.8. The van der Waals surface area contributed by atoms with Crippen LogP contribution in [-0.2, 0) is 6.54 Å². The van der Waals surface area contributed by atoms with E-state index in [1.165, 1.54) is 23.1 Å². The number of rotatable bonds is 5. The lowest BCUT2D eigenvalue weighted by molar-refractivity contribution is 0.0642. The number of benzene rings is 3. The van der Waals surface area contributed by atoms with Crippen molar-refractivity contribution in [2.24, 2.45) is 0 Å². The molecule has 0 unspecified atom stereocenters. The van der Waals surface area contributed by atoms with Gasteiger partial charge in [0, 0.05) is 23.9 Å². The van der Waals surface area contributed by atoms with E-state index in [1.807, 2.05) is 30.3 Å². The number of hydrogen-bond donors (Lipinski definition) is 2. The van der Waals surface area contributed by atoms with Crippen LogP contribution in [0.25, 0.3) is 0 Å². The molecule has 0 bridgehead atoms. The molecule has 2 N–H and O–H groups in total. The Morgan fingerprint density at radius 3 is 2.10 bits per heavy atom. The van der Waals surface area contributed by atoms with Crippen LogP contribution in [0.5, 0.6) is 0 Å². The smallest absolute Gasteiger partial charge is 0.261 e. The Hall–Kier alpha value is -4.26. The van der Waals surface area contributed by atoms with E-state index in [2.05, 4.69) is 10.6 Å². The molecule has 1 heterocycles. The number of nitrogens with zero attached hydrogens (tertiary/aromatic N) is 1. The van der Waals surface area contributed by atoms with Crippen LogP contribution in [0.3, 0.4) is 0 Å². The maximum atomic E-state index is 12.8. The largest absolute Gasteiger partial charge is 0.355 e. The van der Waals surface area contributed by atoms with Crippen LogP contribution in [0.4, 0.5) is 5.69 Å². The summed E-state index contributed by atoms with van der Waals surface area (Å²) in [6.45, 7) is 0.173. The Morgan fingerprint density at radius 1 is 0.774 bits per heavy atom. The molecular weight excluding hydrogens is 394 g/mol. The number of carbonyl (C=O) groups is 4. The van der Waals surface area contributed by atoms with Crippen LogP contribution in [0.1, 0.15) is 47.0 Å². The standard InChI is InChI=1S/C24H19N3O4/c1-25-21(28)16-7-10-18(11-8-16)26-22(29)17-9-12-19-20(13-17)24(31)27(23(19)30)14-15-5-3-2-4-6-15/h2-13H,14H2,1H3,(H,25,28)(H,26,29). The Bertz CT molecular complexity index is 1190. The fourth-order valence-corrected chi connectivity index (χ4v) is 3.39. The van der Waals surface area contributed by atoms with Crippen LogP contribution < -0.4 is 10.6 Å². The lowest BCUT2D eigenvalue weighted by Gasteiger charge is -2.13. The highest BCUT2D eigenvalue weighted by Gasteiger charge is 2.36. The number of fused-ring (bicyclic) bond motifs is 1. The highest BCUT2D eigenvalue weighted by Crippen LogP contribution is 2.26. The van der Waals surface area contributed by atoms with Gasteiger partial charge in [-0.1, -0.05) is 30.3 Å². The van der Waals surface area contributed by atoms with Gasteiger partial charge in [-0.05, 0) is 48.0 Å². The monoisotopic (exact) mass is 413 g/mol. The van der Waals surface area contributed by atoms with Crippen molar-refractivity contribution in [3.05, 3.63) is 101 Å². The van der Waals surface area contributed by atoms with Crippen molar-refractivity contribution in [2.45, 2.75) is 6.54 Å². The van der Waals surface area contributed by atoms with Gasteiger partial charge in [0.05, 0.1) is 17.7 Å². The molecule has 0 radical (unpaired) electrons. The van der Waals surface area contributed by atoms with Gasteiger partial charge in [0.15, 0.2) is 0 Å². The number of amides is 4. The van der Waals surface area contributed by atoms with Crippen molar-refractivity contribution in [1.29, 1.82) is 0 Å². The quantitative estimate of drug-likeness (QED) is 0.629. The lowest BCUT2D eigenvalue weighted by Crippen LogP contribution is -2.29. The molecule has 3 aromatic rings. The molecule has 4 rings (SSSR count). The maximum Gasteiger partial charge on any atom is 0.261 e. The number of anilines is 1. The first kappa shape index (κ1) is 20.0. The topological polar surface area (TPSA) is 95.6 Å².